The molecule has 0 bridgehead atoms. The molecule has 20 heavy (non-hydrogen) atoms. The summed E-state index contributed by atoms with van der Waals surface area (Å²) in [5.74, 6) is 0.507. The third-order valence-electron chi connectivity index (χ3n) is 3.41. The summed E-state index contributed by atoms with van der Waals surface area (Å²) in [6.45, 7) is 11.4. The van der Waals surface area contributed by atoms with Gasteiger partial charge >= 0.3 is 0 Å². The summed E-state index contributed by atoms with van der Waals surface area (Å²) in [6, 6.07) is 0. The highest BCUT2D eigenvalue weighted by molar-refractivity contribution is 5.88. The molecular weight excluding hydrogens is 252 g/mol. The average molecular weight is 282 g/mol. The summed E-state index contributed by atoms with van der Waals surface area (Å²) in [6.07, 6.45) is 3.19. The second-order valence-corrected chi connectivity index (χ2v) is 7.59. The molecular formula is C17H30O3. The number of hydrogen-bond donors (Lipinski definition) is 0. The van der Waals surface area contributed by atoms with Crippen molar-refractivity contribution in [1.82, 2.24) is 0 Å². The van der Waals surface area contributed by atoms with Crippen molar-refractivity contribution in [3.05, 3.63) is 0 Å². The molecule has 0 aliphatic rings. The first kappa shape index (κ1) is 19.0. The van der Waals surface area contributed by atoms with Crippen molar-refractivity contribution in [2.45, 2.75) is 80.1 Å². The number of rotatable bonds is 8. The molecule has 0 fully saturated rings. The Balaban J connectivity index is 3.81. The summed E-state index contributed by atoms with van der Waals surface area (Å²) in [4.78, 5) is 35.1. The molecule has 0 aromatic heterocycles. The third kappa shape index (κ3) is 8.23. The molecule has 0 radical (unpaired) electrons. The van der Waals surface area contributed by atoms with Crippen LogP contribution in [-0.4, -0.2) is 17.3 Å². The van der Waals surface area contributed by atoms with E-state index in [0.29, 0.717) is 25.7 Å². The number of carbonyl (C=O) groups is 3. The van der Waals surface area contributed by atoms with Gasteiger partial charge in [0.05, 0.1) is 0 Å². The Kier molecular flexibility index (Phi) is 7.32. The van der Waals surface area contributed by atoms with Gasteiger partial charge in [0.15, 0.2) is 0 Å². The highest BCUT2D eigenvalue weighted by Gasteiger charge is 2.22. The predicted octanol–water partition coefficient (Wildman–Crippen LogP) is 4.13. The van der Waals surface area contributed by atoms with E-state index in [2.05, 4.69) is 0 Å². The van der Waals surface area contributed by atoms with Crippen molar-refractivity contribution in [2.24, 2.45) is 10.8 Å². The van der Waals surface area contributed by atoms with Gasteiger partial charge < -0.3 is 0 Å². The lowest BCUT2D eigenvalue weighted by molar-refractivity contribution is -0.129. The monoisotopic (exact) mass is 282 g/mol. The topological polar surface area (TPSA) is 51.2 Å². The Bertz CT molecular complexity index is 353. The van der Waals surface area contributed by atoms with Crippen LogP contribution in [-0.2, 0) is 14.4 Å². The van der Waals surface area contributed by atoms with Crippen LogP contribution in [0.15, 0.2) is 0 Å². The van der Waals surface area contributed by atoms with Crippen molar-refractivity contribution in [3.63, 3.8) is 0 Å². The summed E-state index contributed by atoms with van der Waals surface area (Å²) in [5.41, 5.74) is -0.650. The molecule has 3 nitrogen and oxygen atoms in total. The largest absolute Gasteiger partial charge is 0.300 e. The molecule has 0 spiro atoms. The molecule has 0 saturated carbocycles. The van der Waals surface area contributed by atoms with E-state index in [1.807, 2.05) is 41.5 Å². The van der Waals surface area contributed by atoms with Crippen LogP contribution in [0.4, 0.5) is 0 Å². The number of hydrogen-bond acceptors (Lipinski definition) is 3. The smallest absolute Gasteiger partial charge is 0.138 e. The maximum atomic E-state index is 11.7. The van der Waals surface area contributed by atoms with Gasteiger partial charge in [0.25, 0.3) is 0 Å². The minimum absolute atomic E-state index is 0.130. The molecule has 0 amide bonds. The van der Waals surface area contributed by atoms with Gasteiger partial charge in [-0.3, -0.25) is 14.4 Å². The van der Waals surface area contributed by atoms with Gasteiger partial charge in [-0.1, -0.05) is 41.5 Å². The summed E-state index contributed by atoms with van der Waals surface area (Å²) in [7, 11) is 0. The Morgan fingerprint density at radius 3 is 1.45 bits per heavy atom. The van der Waals surface area contributed by atoms with Crippen molar-refractivity contribution in [1.29, 1.82) is 0 Å². The predicted molar refractivity (Wildman–Crippen MR) is 81.6 cm³/mol. The molecule has 0 rings (SSSR count). The van der Waals surface area contributed by atoms with Crippen LogP contribution < -0.4 is 0 Å². The van der Waals surface area contributed by atoms with E-state index in [1.54, 1.807) is 0 Å². The second-order valence-electron chi connectivity index (χ2n) is 7.59. The normalized spacial score (nSPS) is 12.3. The highest BCUT2D eigenvalue weighted by atomic mass is 16.1. The van der Waals surface area contributed by atoms with Gasteiger partial charge in [-0.25, -0.2) is 0 Å². The van der Waals surface area contributed by atoms with Gasteiger partial charge in [0.1, 0.15) is 17.3 Å². The third-order valence-corrected chi connectivity index (χ3v) is 3.41. The molecule has 0 N–H and O–H groups in total. The van der Waals surface area contributed by atoms with Crippen molar-refractivity contribution in [3.8, 4) is 0 Å². The van der Waals surface area contributed by atoms with E-state index in [9.17, 15) is 14.4 Å². The lowest BCUT2D eigenvalue weighted by Crippen LogP contribution is -2.21. The molecule has 0 aromatic carbocycles. The van der Waals surface area contributed by atoms with Gasteiger partial charge in [-0.15, -0.1) is 0 Å². The van der Waals surface area contributed by atoms with Crippen molar-refractivity contribution in [2.75, 3.05) is 0 Å². The van der Waals surface area contributed by atoms with E-state index in [-0.39, 0.29) is 28.2 Å². The molecule has 0 saturated heterocycles. The van der Waals surface area contributed by atoms with Crippen LogP contribution in [0.3, 0.4) is 0 Å². The van der Waals surface area contributed by atoms with Crippen LogP contribution >= 0.6 is 0 Å². The van der Waals surface area contributed by atoms with Crippen LogP contribution in [0.2, 0.25) is 0 Å². The van der Waals surface area contributed by atoms with E-state index in [0.717, 1.165) is 12.8 Å². The SMILES string of the molecule is CC(C)(C)C(=O)CCCCC(=O)CCC(=O)C(C)(C)C. The number of ketones is 3. The average Bonchev–Trinajstić information content (AvgIpc) is 2.28. The second kappa shape index (κ2) is 7.70. The summed E-state index contributed by atoms with van der Waals surface area (Å²) in [5, 5.41) is 0. The summed E-state index contributed by atoms with van der Waals surface area (Å²) >= 11 is 0. The molecule has 0 aromatic rings. The fourth-order valence-electron chi connectivity index (χ4n) is 1.74. The minimum Gasteiger partial charge on any atom is -0.300 e. The number of Topliss-reactive ketones (excluding diaryl/α,β-unsaturated/α-hetero) is 3. The molecule has 116 valence electrons. The van der Waals surface area contributed by atoms with Gasteiger partial charge in [-0.2, -0.15) is 0 Å². The summed E-state index contributed by atoms with van der Waals surface area (Å²) < 4.78 is 0. The zero-order valence-electron chi connectivity index (χ0n) is 14.0. The van der Waals surface area contributed by atoms with Crippen LogP contribution in [0.5, 0.6) is 0 Å². The Morgan fingerprint density at radius 1 is 0.600 bits per heavy atom. The van der Waals surface area contributed by atoms with E-state index in [1.165, 1.54) is 0 Å². The van der Waals surface area contributed by atoms with E-state index >= 15 is 0 Å². The van der Waals surface area contributed by atoms with Gasteiger partial charge in [0, 0.05) is 36.5 Å². The molecule has 0 aliphatic carbocycles. The molecule has 0 unspecified atom stereocenters. The fraction of sp³-hybridized carbons (Fsp3) is 0.824. The first-order chi connectivity index (χ1) is 8.94. The van der Waals surface area contributed by atoms with Crippen molar-refractivity contribution < 1.29 is 14.4 Å². The molecule has 3 heteroatoms. The first-order valence-corrected chi connectivity index (χ1v) is 7.53. The maximum absolute atomic E-state index is 11.7. The van der Waals surface area contributed by atoms with E-state index < -0.39 is 0 Å². The maximum Gasteiger partial charge on any atom is 0.138 e. The van der Waals surface area contributed by atoms with Crippen LogP contribution in [0, 0.1) is 10.8 Å². The zero-order valence-corrected chi connectivity index (χ0v) is 14.0. The van der Waals surface area contributed by atoms with Crippen LogP contribution in [0.1, 0.15) is 80.1 Å². The zero-order chi connectivity index (χ0) is 16.0. The lowest BCUT2D eigenvalue weighted by Gasteiger charge is -2.16. The quantitative estimate of drug-likeness (QED) is 0.629. The first-order valence-electron chi connectivity index (χ1n) is 7.53. The molecule has 0 aliphatic heterocycles. The minimum atomic E-state index is -0.362. The Morgan fingerprint density at radius 2 is 1.00 bits per heavy atom. The van der Waals surface area contributed by atoms with Gasteiger partial charge in [-0.05, 0) is 12.8 Å². The molecule has 0 heterocycles. The number of carbonyl (C=O) groups excluding carboxylic acids is 3. The van der Waals surface area contributed by atoms with Crippen LogP contribution in [0.25, 0.3) is 0 Å². The number of unbranched alkanes of at least 4 members (excludes halogenated alkanes) is 1. The standard InChI is InChI=1S/C17H30O3/c1-16(2,3)14(19)10-8-7-9-13(18)11-12-15(20)17(4,5)6/h7-12H2,1-6H3. The molecule has 0 atom stereocenters. The fourth-order valence-corrected chi connectivity index (χ4v) is 1.74. The Hall–Kier alpha value is -0.990. The Labute approximate surface area is 123 Å². The van der Waals surface area contributed by atoms with E-state index in [4.69, 9.17) is 0 Å². The van der Waals surface area contributed by atoms with Crippen molar-refractivity contribution >= 4 is 17.3 Å². The van der Waals surface area contributed by atoms with Gasteiger partial charge in [0.2, 0.25) is 0 Å². The highest BCUT2D eigenvalue weighted by Crippen LogP contribution is 2.20. The lowest BCUT2D eigenvalue weighted by atomic mass is 9.87.